The molecule has 2 amide bonds. The summed E-state index contributed by atoms with van der Waals surface area (Å²) in [7, 11) is 3.13. The summed E-state index contributed by atoms with van der Waals surface area (Å²) in [6.07, 6.45) is 2.19. The van der Waals surface area contributed by atoms with Crippen molar-refractivity contribution in [2.24, 2.45) is 0 Å². The third kappa shape index (κ3) is 3.77. The van der Waals surface area contributed by atoms with Crippen molar-refractivity contribution in [3.05, 3.63) is 71.3 Å². The van der Waals surface area contributed by atoms with Crippen molar-refractivity contribution in [1.29, 1.82) is 0 Å². The van der Waals surface area contributed by atoms with Crippen molar-refractivity contribution in [2.45, 2.75) is 12.5 Å². The summed E-state index contributed by atoms with van der Waals surface area (Å²) in [4.78, 5) is 34.1. The van der Waals surface area contributed by atoms with Gasteiger partial charge in [0.25, 0.3) is 0 Å². The van der Waals surface area contributed by atoms with Gasteiger partial charge < -0.3 is 29.8 Å². The van der Waals surface area contributed by atoms with Gasteiger partial charge in [-0.25, -0.2) is 14.6 Å². The number of carboxylic acid groups (broad SMARTS) is 1. The molecule has 0 saturated carbocycles. The van der Waals surface area contributed by atoms with Crippen LogP contribution in [-0.4, -0.2) is 52.7 Å². The van der Waals surface area contributed by atoms with Crippen LogP contribution in [-0.2, 0) is 6.42 Å². The predicted molar refractivity (Wildman–Crippen MR) is 113 cm³/mol. The minimum Gasteiger partial charge on any atom is -0.497 e. The van der Waals surface area contributed by atoms with Crippen LogP contribution in [0.25, 0.3) is 0 Å². The van der Waals surface area contributed by atoms with E-state index < -0.39 is 18.0 Å². The highest BCUT2D eigenvalue weighted by Crippen LogP contribution is 2.40. The quantitative estimate of drug-likeness (QED) is 0.581. The lowest BCUT2D eigenvalue weighted by Gasteiger charge is -2.36. The van der Waals surface area contributed by atoms with Crippen LogP contribution in [0.4, 0.5) is 10.5 Å². The fourth-order valence-corrected chi connectivity index (χ4v) is 3.83. The molecule has 2 aromatic carbocycles. The number of nitrogens with one attached hydrogen (secondary N) is 2. The molecule has 2 heterocycles. The molecule has 3 N–H and O–H groups in total. The van der Waals surface area contributed by atoms with Crippen LogP contribution in [0.1, 0.15) is 33.4 Å². The topological polar surface area (TPSA) is 117 Å². The van der Waals surface area contributed by atoms with Crippen molar-refractivity contribution in [2.75, 3.05) is 26.1 Å². The lowest BCUT2D eigenvalue weighted by Crippen LogP contribution is -2.43. The number of fused-ring (bicyclic) bond motifs is 1. The predicted octanol–water partition coefficient (Wildman–Crippen LogP) is 3.30. The standard InChI is InChI=1S/C22H22N4O5/c1-30-13-7-8-18(31-2)15(11-13)20-19-17(23-12-24-19)9-10-26(20)22(29)25-16-6-4-3-5-14(16)21(27)28/h3-8,11-12,20H,9-10H2,1-2H3,(H,23,24)(H,25,29)(H,27,28)/t20-/m1/s1. The van der Waals surface area contributed by atoms with Crippen molar-refractivity contribution >= 4 is 17.7 Å². The van der Waals surface area contributed by atoms with Crippen LogP contribution in [0, 0.1) is 0 Å². The Balaban J connectivity index is 1.76. The number of para-hydroxylation sites is 1. The average molecular weight is 422 g/mol. The largest absolute Gasteiger partial charge is 0.497 e. The number of methoxy groups -OCH3 is 2. The number of hydrogen-bond acceptors (Lipinski definition) is 5. The molecule has 3 aromatic rings. The maximum absolute atomic E-state index is 13.3. The van der Waals surface area contributed by atoms with Crippen LogP contribution in [0.15, 0.2) is 48.8 Å². The number of rotatable bonds is 5. The number of hydrogen-bond donors (Lipinski definition) is 3. The Morgan fingerprint density at radius 1 is 1.19 bits per heavy atom. The monoisotopic (exact) mass is 422 g/mol. The Labute approximate surface area is 178 Å². The third-order valence-corrected chi connectivity index (χ3v) is 5.32. The zero-order chi connectivity index (χ0) is 22.0. The van der Waals surface area contributed by atoms with Gasteiger partial charge in [0, 0.05) is 24.2 Å². The highest BCUT2D eigenvalue weighted by Gasteiger charge is 2.36. The van der Waals surface area contributed by atoms with Crippen molar-refractivity contribution in [3.8, 4) is 11.5 Å². The number of benzene rings is 2. The van der Waals surface area contributed by atoms with E-state index in [1.165, 1.54) is 6.07 Å². The summed E-state index contributed by atoms with van der Waals surface area (Å²) < 4.78 is 10.9. The maximum atomic E-state index is 13.3. The summed E-state index contributed by atoms with van der Waals surface area (Å²) in [5.41, 5.74) is 2.61. The Kier molecular flexibility index (Phi) is 5.48. The summed E-state index contributed by atoms with van der Waals surface area (Å²) in [6, 6.07) is 10.7. The summed E-state index contributed by atoms with van der Waals surface area (Å²) in [5, 5.41) is 12.2. The number of aromatic carboxylic acids is 1. The molecule has 1 aliphatic rings. The van der Waals surface area contributed by atoms with E-state index in [9.17, 15) is 14.7 Å². The summed E-state index contributed by atoms with van der Waals surface area (Å²) >= 11 is 0. The van der Waals surface area contributed by atoms with E-state index in [2.05, 4.69) is 15.3 Å². The number of aromatic nitrogens is 2. The van der Waals surface area contributed by atoms with Gasteiger partial charge in [0.05, 0.1) is 37.5 Å². The molecular weight excluding hydrogens is 400 g/mol. The fraction of sp³-hybridized carbons (Fsp3) is 0.227. The van der Waals surface area contributed by atoms with Gasteiger partial charge in [-0.15, -0.1) is 0 Å². The third-order valence-electron chi connectivity index (χ3n) is 5.32. The zero-order valence-electron chi connectivity index (χ0n) is 17.1. The molecule has 1 atom stereocenters. The number of urea groups is 1. The number of amides is 2. The number of aromatic amines is 1. The zero-order valence-corrected chi connectivity index (χ0v) is 17.1. The molecule has 0 unspecified atom stereocenters. The Morgan fingerprint density at radius 3 is 2.74 bits per heavy atom. The van der Waals surface area contributed by atoms with Gasteiger partial charge in [-0.1, -0.05) is 12.1 Å². The Morgan fingerprint density at radius 2 is 2.00 bits per heavy atom. The molecule has 0 spiro atoms. The Bertz CT molecular complexity index is 1130. The van der Waals surface area contributed by atoms with Gasteiger partial charge in [-0.2, -0.15) is 0 Å². The van der Waals surface area contributed by atoms with Crippen LogP contribution in [0.5, 0.6) is 11.5 Å². The van der Waals surface area contributed by atoms with Gasteiger partial charge in [0.2, 0.25) is 0 Å². The number of ether oxygens (including phenoxy) is 2. The minimum atomic E-state index is -1.12. The molecule has 4 rings (SSSR count). The molecule has 160 valence electrons. The van der Waals surface area contributed by atoms with Gasteiger partial charge in [0.15, 0.2) is 0 Å². The number of H-pyrrole nitrogens is 1. The van der Waals surface area contributed by atoms with Crippen molar-refractivity contribution < 1.29 is 24.2 Å². The lowest BCUT2D eigenvalue weighted by molar-refractivity contribution is 0.0698. The number of carbonyl (C=O) groups is 2. The normalized spacial score (nSPS) is 15.2. The number of carbonyl (C=O) groups excluding carboxylic acids is 1. The van der Waals surface area contributed by atoms with Crippen LogP contribution in [0.2, 0.25) is 0 Å². The maximum Gasteiger partial charge on any atom is 0.337 e. The molecule has 0 bridgehead atoms. The SMILES string of the molecule is COc1ccc(OC)c([C@@H]2c3nc[nH]c3CCN2C(=O)Nc2ccccc2C(=O)O)c1. The first kappa shape index (κ1) is 20.3. The van der Waals surface area contributed by atoms with Crippen LogP contribution in [0.3, 0.4) is 0 Å². The summed E-state index contributed by atoms with van der Waals surface area (Å²) in [5.74, 6) is 0.0931. The molecule has 1 aromatic heterocycles. The molecule has 0 saturated heterocycles. The molecule has 0 aliphatic carbocycles. The molecule has 9 heteroatoms. The molecular formula is C22H22N4O5. The second kappa shape index (κ2) is 8.39. The van der Waals surface area contributed by atoms with E-state index in [4.69, 9.17) is 9.47 Å². The van der Waals surface area contributed by atoms with Gasteiger partial charge >= 0.3 is 12.0 Å². The average Bonchev–Trinajstić information content (AvgIpc) is 3.27. The van der Waals surface area contributed by atoms with Gasteiger partial charge in [-0.3, -0.25) is 0 Å². The minimum absolute atomic E-state index is 0.0174. The van der Waals surface area contributed by atoms with E-state index >= 15 is 0 Å². The van der Waals surface area contributed by atoms with Crippen molar-refractivity contribution in [3.63, 3.8) is 0 Å². The first-order valence-electron chi connectivity index (χ1n) is 9.67. The van der Waals surface area contributed by atoms with E-state index in [0.717, 1.165) is 11.3 Å². The fourth-order valence-electron chi connectivity index (χ4n) is 3.83. The molecule has 31 heavy (non-hydrogen) atoms. The summed E-state index contributed by atoms with van der Waals surface area (Å²) in [6.45, 7) is 0.404. The van der Waals surface area contributed by atoms with E-state index in [1.54, 1.807) is 55.8 Å². The highest BCUT2D eigenvalue weighted by molar-refractivity contribution is 6.00. The Hall–Kier alpha value is -4.01. The lowest BCUT2D eigenvalue weighted by atomic mass is 9.95. The molecule has 0 radical (unpaired) electrons. The number of anilines is 1. The smallest absolute Gasteiger partial charge is 0.337 e. The van der Waals surface area contributed by atoms with Gasteiger partial charge in [0.1, 0.15) is 17.5 Å². The first-order valence-corrected chi connectivity index (χ1v) is 9.67. The first-order chi connectivity index (χ1) is 15.0. The van der Waals surface area contributed by atoms with E-state index in [0.29, 0.717) is 30.2 Å². The highest BCUT2D eigenvalue weighted by atomic mass is 16.5. The molecule has 1 aliphatic heterocycles. The van der Waals surface area contributed by atoms with E-state index in [1.807, 2.05) is 6.07 Å². The molecule has 0 fully saturated rings. The number of carboxylic acids is 1. The van der Waals surface area contributed by atoms with Crippen LogP contribution < -0.4 is 14.8 Å². The second-order valence-corrected chi connectivity index (χ2v) is 7.00. The van der Waals surface area contributed by atoms with E-state index in [-0.39, 0.29) is 11.3 Å². The number of imidazole rings is 1. The van der Waals surface area contributed by atoms with Gasteiger partial charge in [-0.05, 0) is 30.3 Å². The molecule has 9 nitrogen and oxygen atoms in total. The van der Waals surface area contributed by atoms with Crippen LogP contribution >= 0.6 is 0 Å². The number of nitrogens with zero attached hydrogens (tertiary/aromatic N) is 2. The second-order valence-electron chi connectivity index (χ2n) is 7.00. The van der Waals surface area contributed by atoms with Crippen molar-refractivity contribution in [1.82, 2.24) is 14.9 Å².